The van der Waals surface area contributed by atoms with Crippen LogP contribution in [-0.2, 0) is 11.2 Å². The number of nitrogens with zero attached hydrogens (tertiary/aromatic N) is 1. The van der Waals surface area contributed by atoms with E-state index in [1.54, 1.807) is 20.1 Å². The first kappa shape index (κ1) is 20.3. The van der Waals surface area contributed by atoms with Crippen LogP contribution in [0.3, 0.4) is 0 Å². The van der Waals surface area contributed by atoms with E-state index in [2.05, 4.69) is 15.8 Å². The Labute approximate surface area is 173 Å². The fourth-order valence-corrected chi connectivity index (χ4v) is 3.22. The van der Waals surface area contributed by atoms with E-state index >= 15 is 0 Å². The Balaban J connectivity index is 1.60. The normalized spacial score (nSPS) is 11.0. The van der Waals surface area contributed by atoms with E-state index in [1.165, 1.54) is 11.3 Å². The molecule has 0 radical (unpaired) electrons. The monoisotopic (exact) mass is 407 g/mol. The number of carbonyl (C=O) groups excluding carboxylic acids is 2. The van der Waals surface area contributed by atoms with Crippen molar-refractivity contribution in [1.82, 2.24) is 5.43 Å². The average Bonchev–Trinajstić information content (AvgIpc) is 3.28. The lowest BCUT2D eigenvalue weighted by molar-refractivity contribution is -0.120. The highest BCUT2D eigenvalue weighted by atomic mass is 32.1. The molecule has 1 heterocycles. The van der Waals surface area contributed by atoms with E-state index < -0.39 is 0 Å². The highest BCUT2D eigenvalue weighted by Gasteiger charge is 2.08. The molecular weight excluding hydrogens is 386 g/mol. The van der Waals surface area contributed by atoms with Gasteiger partial charge in [-0.25, -0.2) is 5.43 Å². The van der Waals surface area contributed by atoms with Crippen LogP contribution in [0.5, 0.6) is 5.75 Å². The third kappa shape index (κ3) is 5.76. The highest BCUT2D eigenvalue weighted by molar-refractivity contribution is 7.12. The molecule has 29 heavy (non-hydrogen) atoms. The minimum Gasteiger partial charge on any atom is -0.497 e. The number of hydrogen-bond acceptors (Lipinski definition) is 5. The second kappa shape index (κ2) is 9.66. The van der Waals surface area contributed by atoms with E-state index in [9.17, 15) is 9.59 Å². The second-order valence-electron chi connectivity index (χ2n) is 6.27. The molecule has 0 atom stereocenters. The summed E-state index contributed by atoms with van der Waals surface area (Å²) in [5, 5.41) is 8.90. The smallest absolute Gasteiger partial charge is 0.265 e. The van der Waals surface area contributed by atoms with Crippen molar-refractivity contribution in [2.75, 3.05) is 12.4 Å². The van der Waals surface area contributed by atoms with Crippen LogP contribution in [0.1, 0.15) is 27.7 Å². The predicted octanol–water partition coefficient (Wildman–Crippen LogP) is 4.09. The lowest BCUT2D eigenvalue weighted by Crippen LogP contribution is -2.21. The van der Waals surface area contributed by atoms with E-state index in [-0.39, 0.29) is 18.2 Å². The number of hydrogen-bond donors (Lipinski definition) is 2. The van der Waals surface area contributed by atoms with Crippen molar-refractivity contribution >= 4 is 34.6 Å². The molecule has 6 nitrogen and oxygen atoms in total. The number of amides is 2. The first-order chi connectivity index (χ1) is 14.0. The van der Waals surface area contributed by atoms with Crippen LogP contribution in [0.2, 0.25) is 0 Å². The molecule has 1 aromatic heterocycles. The Morgan fingerprint density at radius 2 is 1.86 bits per heavy atom. The number of carbonyl (C=O) groups is 2. The molecule has 0 unspecified atom stereocenters. The molecule has 0 aliphatic rings. The van der Waals surface area contributed by atoms with Crippen LogP contribution in [0.4, 0.5) is 5.69 Å². The van der Waals surface area contributed by atoms with Gasteiger partial charge in [-0.05, 0) is 53.8 Å². The number of hydrazone groups is 1. The summed E-state index contributed by atoms with van der Waals surface area (Å²) in [7, 11) is 1.60. The van der Waals surface area contributed by atoms with Crippen molar-refractivity contribution in [2.24, 2.45) is 5.10 Å². The number of thiophene rings is 1. The van der Waals surface area contributed by atoms with Gasteiger partial charge in [-0.15, -0.1) is 11.3 Å². The van der Waals surface area contributed by atoms with Gasteiger partial charge in [0.2, 0.25) is 5.91 Å². The van der Waals surface area contributed by atoms with Gasteiger partial charge in [0.1, 0.15) is 5.75 Å². The molecule has 0 fully saturated rings. The molecule has 3 rings (SSSR count). The molecule has 2 aromatic carbocycles. The maximum absolute atomic E-state index is 12.2. The molecule has 7 heteroatoms. The zero-order valence-electron chi connectivity index (χ0n) is 16.1. The van der Waals surface area contributed by atoms with Gasteiger partial charge in [0.05, 0.1) is 24.1 Å². The van der Waals surface area contributed by atoms with Gasteiger partial charge in [-0.3, -0.25) is 9.59 Å². The summed E-state index contributed by atoms with van der Waals surface area (Å²) < 4.78 is 5.11. The predicted molar refractivity (Wildman–Crippen MR) is 116 cm³/mol. The number of ether oxygens (including phenoxy) is 1. The van der Waals surface area contributed by atoms with Crippen molar-refractivity contribution in [1.29, 1.82) is 0 Å². The standard InChI is InChI=1S/C22H21N3O3S/c1-15(24-25-21(26)13-16-8-10-19(28-2)11-9-16)17-5-3-6-18(14-17)23-22(27)20-7-4-12-29-20/h3-12,14H,13H2,1-2H3,(H,23,27)(H,25,26)/b24-15+. The zero-order valence-corrected chi connectivity index (χ0v) is 17.0. The molecule has 0 aliphatic carbocycles. The second-order valence-corrected chi connectivity index (χ2v) is 7.22. The van der Waals surface area contributed by atoms with Crippen molar-refractivity contribution < 1.29 is 14.3 Å². The molecule has 2 N–H and O–H groups in total. The summed E-state index contributed by atoms with van der Waals surface area (Å²) in [6.07, 6.45) is 0.220. The first-order valence-electron chi connectivity index (χ1n) is 8.96. The van der Waals surface area contributed by atoms with Crippen molar-refractivity contribution in [3.05, 3.63) is 82.0 Å². The average molecular weight is 407 g/mol. The maximum Gasteiger partial charge on any atom is 0.265 e. The van der Waals surface area contributed by atoms with E-state index in [0.29, 0.717) is 16.3 Å². The van der Waals surface area contributed by atoms with Crippen LogP contribution in [0.25, 0.3) is 0 Å². The molecule has 148 valence electrons. The lowest BCUT2D eigenvalue weighted by Gasteiger charge is -2.07. The summed E-state index contributed by atoms with van der Waals surface area (Å²) in [4.78, 5) is 25.0. The number of nitrogens with one attached hydrogen (secondary N) is 2. The molecule has 0 aliphatic heterocycles. The van der Waals surface area contributed by atoms with Crippen molar-refractivity contribution in [3.63, 3.8) is 0 Å². The van der Waals surface area contributed by atoms with E-state index in [4.69, 9.17) is 4.74 Å². The molecule has 2 amide bonds. The fourth-order valence-electron chi connectivity index (χ4n) is 2.60. The Morgan fingerprint density at radius 3 is 2.55 bits per heavy atom. The van der Waals surface area contributed by atoms with Gasteiger partial charge in [-0.2, -0.15) is 5.10 Å². The van der Waals surface area contributed by atoms with Crippen LogP contribution < -0.4 is 15.5 Å². The third-order valence-electron chi connectivity index (χ3n) is 4.16. The minimum atomic E-state index is -0.211. The quantitative estimate of drug-likeness (QED) is 0.457. The summed E-state index contributed by atoms with van der Waals surface area (Å²) in [5.41, 5.74) is 5.55. The van der Waals surface area contributed by atoms with Crippen LogP contribution in [0, 0.1) is 0 Å². The Bertz CT molecular complexity index is 1010. The van der Waals surface area contributed by atoms with Gasteiger partial charge in [0.25, 0.3) is 5.91 Å². The van der Waals surface area contributed by atoms with E-state index in [1.807, 2.05) is 60.0 Å². The van der Waals surface area contributed by atoms with E-state index in [0.717, 1.165) is 16.9 Å². The van der Waals surface area contributed by atoms with Crippen LogP contribution in [-0.4, -0.2) is 24.6 Å². The summed E-state index contributed by atoms with van der Waals surface area (Å²) in [6, 6.07) is 18.2. The van der Waals surface area contributed by atoms with Crippen LogP contribution in [0.15, 0.2) is 71.1 Å². The van der Waals surface area contributed by atoms with Crippen LogP contribution >= 0.6 is 11.3 Å². The molecule has 0 bridgehead atoms. The fraction of sp³-hybridized carbons (Fsp3) is 0.136. The van der Waals surface area contributed by atoms with Gasteiger partial charge in [0, 0.05) is 5.69 Å². The lowest BCUT2D eigenvalue weighted by atomic mass is 10.1. The largest absolute Gasteiger partial charge is 0.497 e. The number of benzene rings is 2. The Kier molecular flexibility index (Phi) is 6.76. The van der Waals surface area contributed by atoms with Gasteiger partial charge >= 0.3 is 0 Å². The topological polar surface area (TPSA) is 79.8 Å². The Hall–Kier alpha value is -3.45. The third-order valence-corrected chi connectivity index (χ3v) is 5.02. The number of rotatable bonds is 7. The summed E-state index contributed by atoms with van der Waals surface area (Å²) in [5.74, 6) is 0.380. The zero-order chi connectivity index (χ0) is 20.6. The molecule has 0 saturated carbocycles. The van der Waals surface area contributed by atoms with Gasteiger partial charge in [0.15, 0.2) is 0 Å². The SMILES string of the molecule is COc1ccc(CC(=O)N/N=C(\C)c2cccc(NC(=O)c3cccs3)c2)cc1. The van der Waals surface area contributed by atoms with Gasteiger partial charge in [-0.1, -0.05) is 30.3 Å². The molecular formula is C22H21N3O3S. The molecule has 0 spiro atoms. The van der Waals surface area contributed by atoms with Crippen molar-refractivity contribution in [2.45, 2.75) is 13.3 Å². The summed E-state index contributed by atoms with van der Waals surface area (Å²) >= 11 is 1.38. The highest BCUT2D eigenvalue weighted by Crippen LogP contribution is 2.15. The molecule has 0 saturated heterocycles. The molecule has 3 aromatic rings. The number of methoxy groups -OCH3 is 1. The minimum absolute atomic E-state index is 0.153. The van der Waals surface area contributed by atoms with Gasteiger partial charge < -0.3 is 10.1 Å². The first-order valence-corrected chi connectivity index (χ1v) is 9.84. The van der Waals surface area contributed by atoms with Crippen molar-refractivity contribution in [3.8, 4) is 5.75 Å². The summed E-state index contributed by atoms with van der Waals surface area (Å²) in [6.45, 7) is 1.80. The maximum atomic E-state index is 12.2. The Morgan fingerprint density at radius 1 is 1.07 bits per heavy atom. The number of anilines is 1.